The number of nitrogens with zero attached hydrogens (tertiary/aromatic N) is 2. The Balaban J connectivity index is 1.39. The Morgan fingerprint density at radius 2 is 1.53 bits per heavy atom. The van der Waals surface area contributed by atoms with Gasteiger partial charge in [0.25, 0.3) is 5.91 Å². The van der Waals surface area contributed by atoms with E-state index in [2.05, 4.69) is 4.74 Å². The zero-order valence-corrected chi connectivity index (χ0v) is 21.6. The molecule has 0 unspecified atom stereocenters. The van der Waals surface area contributed by atoms with E-state index in [0.717, 1.165) is 23.4 Å². The number of sulfonamides is 1. The van der Waals surface area contributed by atoms with E-state index in [9.17, 15) is 31.6 Å². The first-order chi connectivity index (χ1) is 17.9. The van der Waals surface area contributed by atoms with Crippen molar-refractivity contribution in [1.29, 1.82) is 0 Å². The Labute approximate surface area is 219 Å². The Morgan fingerprint density at radius 1 is 0.974 bits per heavy atom. The number of ether oxygens (including phenoxy) is 2. The molecule has 2 aliphatic rings. The number of amides is 1. The van der Waals surface area contributed by atoms with Crippen molar-refractivity contribution in [2.45, 2.75) is 49.8 Å². The zero-order valence-electron chi connectivity index (χ0n) is 20.8. The summed E-state index contributed by atoms with van der Waals surface area (Å²) in [5.74, 6) is -0.979. The Hall–Kier alpha value is -3.03. The quantitative estimate of drug-likeness (QED) is 0.396. The van der Waals surface area contributed by atoms with Gasteiger partial charge in [-0.1, -0.05) is 17.7 Å². The number of piperidine rings is 2. The third kappa shape index (κ3) is 6.00. The molecule has 0 saturated carbocycles. The molecule has 13 heteroatoms. The number of carbonyl (C=O) groups excluding carboxylic acids is 1. The molecule has 2 N–H and O–H groups in total. The van der Waals surface area contributed by atoms with Gasteiger partial charge in [0.1, 0.15) is 17.6 Å². The van der Waals surface area contributed by atoms with Gasteiger partial charge in [0.2, 0.25) is 10.0 Å². The molecule has 0 bridgehead atoms. The molecule has 2 saturated heterocycles. The number of anilines is 1. The van der Waals surface area contributed by atoms with Crippen molar-refractivity contribution < 1.29 is 41.1 Å². The van der Waals surface area contributed by atoms with E-state index in [-0.39, 0.29) is 37.8 Å². The van der Waals surface area contributed by atoms with Gasteiger partial charge < -0.3 is 14.4 Å². The minimum absolute atomic E-state index is 0.0123. The molecule has 0 spiro atoms. The maximum atomic E-state index is 13.8. The van der Waals surface area contributed by atoms with E-state index in [4.69, 9.17) is 4.74 Å². The molecule has 0 radical (unpaired) electrons. The molecule has 2 heterocycles. The van der Waals surface area contributed by atoms with Crippen LogP contribution in [0.2, 0.25) is 0 Å². The fourth-order valence-corrected chi connectivity index (χ4v) is 7.10. The summed E-state index contributed by atoms with van der Waals surface area (Å²) >= 11 is 0. The van der Waals surface area contributed by atoms with Crippen LogP contribution in [0.5, 0.6) is 11.5 Å². The molecule has 0 atom stereocenters. The first-order valence-corrected chi connectivity index (χ1v) is 13.7. The van der Waals surface area contributed by atoms with Crippen LogP contribution in [-0.4, -0.2) is 67.2 Å². The van der Waals surface area contributed by atoms with E-state index in [1.807, 2.05) is 36.1 Å². The largest absolute Gasteiger partial charge is 0.573 e. The number of benzene rings is 2. The van der Waals surface area contributed by atoms with Gasteiger partial charge in [-0.3, -0.25) is 10.0 Å². The normalized spacial score (nSPS) is 19.1. The Kier molecular flexibility index (Phi) is 8.09. The van der Waals surface area contributed by atoms with E-state index >= 15 is 0 Å². The molecule has 9 nitrogen and oxygen atoms in total. The monoisotopic (exact) mass is 557 g/mol. The topological polar surface area (TPSA) is 108 Å². The molecule has 4 rings (SSSR count). The predicted molar refractivity (Wildman–Crippen MR) is 133 cm³/mol. The van der Waals surface area contributed by atoms with Crippen molar-refractivity contribution >= 4 is 21.6 Å². The molecular formula is C25H30F3N3O6S. The summed E-state index contributed by atoms with van der Waals surface area (Å²) in [6.45, 7) is 2.82. The second-order valence-corrected chi connectivity index (χ2v) is 11.7. The third-order valence-electron chi connectivity index (χ3n) is 7.08. The maximum absolute atomic E-state index is 13.8. The fourth-order valence-electron chi connectivity index (χ4n) is 4.94. The zero-order chi connectivity index (χ0) is 27.6. The number of rotatable bonds is 7. The van der Waals surface area contributed by atoms with Gasteiger partial charge in [-0.2, -0.15) is 0 Å². The number of halogens is 3. The van der Waals surface area contributed by atoms with Crippen LogP contribution in [0, 0.1) is 6.92 Å². The van der Waals surface area contributed by atoms with Crippen molar-refractivity contribution in [3.63, 3.8) is 0 Å². The van der Waals surface area contributed by atoms with Gasteiger partial charge in [-0.05, 0) is 69.0 Å². The smallest absolute Gasteiger partial charge is 0.490 e. The van der Waals surface area contributed by atoms with Gasteiger partial charge in [0, 0.05) is 31.9 Å². The van der Waals surface area contributed by atoms with Gasteiger partial charge in [-0.25, -0.2) is 18.2 Å². The molecule has 2 aliphatic heterocycles. The highest BCUT2D eigenvalue weighted by molar-refractivity contribution is 7.91. The lowest BCUT2D eigenvalue weighted by Gasteiger charge is -2.43. The van der Waals surface area contributed by atoms with Gasteiger partial charge in [0.05, 0.1) is 0 Å². The van der Waals surface area contributed by atoms with Crippen LogP contribution >= 0.6 is 0 Å². The summed E-state index contributed by atoms with van der Waals surface area (Å²) in [6, 6.07) is 12.8. The summed E-state index contributed by atoms with van der Waals surface area (Å²) in [5, 5.41) is 9.43. The second kappa shape index (κ2) is 11.0. The minimum atomic E-state index is -4.79. The molecule has 0 aromatic heterocycles. The Morgan fingerprint density at radius 3 is 2.05 bits per heavy atom. The number of carbonyl (C=O) groups is 1. The number of alkyl halides is 3. The van der Waals surface area contributed by atoms with Crippen LogP contribution in [0.1, 0.15) is 31.2 Å². The summed E-state index contributed by atoms with van der Waals surface area (Å²) in [7, 11) is -4.13. The van der Waals surface area contributed by atoms with Crippen LogP contribution in [0.3, 0.4) is 0 Å². The molecular weight excluding hydrogens is 527 g/mol. The maximum Gasteiger partial charge on any atom is 0.573 e. The van der Waals surface area contributed by atoms with E-state index in [0.29, 0.717) is 31.7 Å². The fraction of sp³-hybridized carbons (Fsp3) is 0.480. The average molecular weight is 558 g/mol. The van der Waals surface area contributed by atoms with E-state index in [1.54, 1.807) is 5.48 Å². The molecule has 2 fully saturated rings. The number of hydrogen-bond acceptors (Lipinski definition) is 7. The molecule has 208 valence electrons. The molecule has 38 heavy (non-hydrogen) atoms. The number of hydrogen-bond donors (Lipinski definition) is 2. The molecule has 2 aromatic rings. The molecule has 0 aliphatic carbocycles. The number of aryl methyl sites for hydroxylation is 1. The first kappa shape index (κ1) is 28.0. The lowest BCUT2D eigenvalue weighted by atomic mass is 9.94. The predicted octanol–water partition coefficient (Wildman–Crippen LogP) is 3.61. The van der Waals surface area contributed by atoms with Crippen molar-refractivity contribution in [3.05, 3.63) is 54.1 Å². The number of hydroxylamine groups is 1. The van der Waals surface area contributed by atoms with Crippen LogP contribution in [0.25, 0.3) is 0 Å². The highest BCUT2D eigenvalue weighted by Gasteiger charge is 2.55. The highest BCUT2D eigenvalue weighted by Crippen LogP contribution is 2.37. The SMILES string of the molecule is Cc1ccc(N2CCC(C(=O)NO)(S(=O)(=O)N3CCC(Oc4ccc(OC(F)(F)F)cc4)CC3)CC2)cc1. The second-order valence-electron chi connectivity index (χ2n) is 9.50. The van der Waals surface area contributed by atoms with Crippen LogP contribution in [0.4, 0.5) is 18.9 Å². The van der Waals surface area contributed by atoms with Crippen molar-refractivity contribution in [2.75, 3.05) is 31.1 Å². The highest BCUT2D eigenvalue weighted by atomic mass is 32.2. The lowest BCUT2D eigenvalue weighted by Crippen LogP contribution is -2.62. The lowest BCUT2D eigenvalue weighted by molar-refractivity contribution is -0.274. The van der Waals surface area contributed by atoms with Crippen LogP contribution < -0.4 is 19.9 Å². The van der Waals surface area contributed by atoms with Gasteiger partial charge >= 0.3 is 6.36 Å². The minimum Gasteiger partial charge on any atom is -0.490 e. The van der Waals surface area contributed by atoms with Crippen molar-refractivity contribution in [3.8, 4) is 11.5 Å². The summed E-state index contributed by atoms with van der Waals surface area (Å²) in [6.07, 6.45) is -4.47. The van der Waals surface area contributed by atoms with Crippen molar-refractivity contribution in [1.82, 2.24) is 9.79 Å². The third-order valence-corrected chi connectivity index (χ3v) is 9.71. The Bertz CT molecular complexity index is 1210. The first-order valence-electron chi connectivity index (χ1n) is 12.2. The number of nitrogens with one attached hydrogen (secondary N) is 1. The standard InChI is InChI=1S/C25H30F3N3O6S/c1-18-2-4-19(5-3-18)30-16-12-24(13-17-30,23(32)29-33)38(34,35)31-14-10-21(11-15-31)36-20-6-8-22(9-7-20)37-25(26,27)28/h2-9,21,33H,10-17H2,1H3,(H,29,32). The summed E-state index contributed by atoms with van der Waals surface area (Å²) in [4.78, 5) is 14.8. The average Bonchev–Trinajstić information content (AvgIpc) is 2.89. The van der Waals surface area contributed by atoms with Gasteiger partial charge in [-0.15, -0.1) is 13.2 Å². The summed E-state index contributed by atoms with van der Waals surface area (Å²) in [5.41, 5.74) is 3.61. The van der Waals surface area contributed by atoms with Crippen LogP contribution in [0.15, 0.2) is 48.5 Å². The van der Waals surface area contributed by atoms with E-state index in [1.165, 1.54) is 16.4 Å². The molecule has 2 aromatic carbocycles. The molecule has 1 amide bonds. The van der Waals surface area contributed by atoms with E-state index < -0.39 is 27.0 Å². The van der Waals surface area contributed by atoms with Crippen LogP contribution in [-0.2, 0) is 14.8 Å². The van der Waals surface area contributed by atoms with Gasteiger partial charge in [0.15, 0.2) is 4.75 Å². The van der Waals surface area contributed by atoms with Crippen molar-refractivity contribution in [2.24, 2.45) is 0 Å². The summed E-state index contributed by atoms with van der Waals surface area (Å²) < 4.78 is 73.7.